The van der Waals surface area contributed by atoms with Crippen LogP contribution in [0, 0.1) is 13.8 Å². The molecule has 116 valence electrons. The minimum Gasteiger partial charge on any atom is -0.398 e. The van der Waals surface area contributed by atoms with Crippen molar-refractivity contribution in [2.75, 3.05) is 11.5 Å². The summed E-state index contributed by atoms with van der Waals surface area (Å²) in [4.78, 5) is 0. The molecule has 0 aliphatic heterocycles. The largest absolute Gasteiger partial charge is 0.398 e. The molecule has 3 rings (SSSR count). The Morgan fingerprint density at radius 2 is 1.09 bits per heavy atom. The highest BCUT2D eigenvalue weighted by atomic mass is 31.1. The third-order valence-electron chi connectivity index (χ3n) is 4.10. The van der Waals surface area contributed by atoms with Crippen LogP contribution in [0.25, 0.3) is 0 Å². The number of hydrogen-bond donors (Lipinski definition) is 2. The van der Waals surface area contributed by atoms with Crippen molar-refractivity contribution in [2.24, 2.45) is 0 Å². The lowest BCUT2D eigenvalue weighted by Gasteiger charge is -2.23. The monoisotopic (exact) mass is 320 g/mol. The van der Waals surface area contributed by atoms with Crippen LogP contribution in [0.1, 0.15) is 11.1 Å². The zero-order valence-corrected chi connectivity index (χ0v) is 14.3. The summed E-state index contributed by atoms with van der Waals surface area (Å²) in [7, 11) is -0.770. The first-order valence-corrected chi connectivity index (χ1v) is 8.99. The van der Waals surface area contributed by atoms with Gasteiger partial charge in [-0.3, -0.25) is 0 Å². The number of anilines is 2. The Morgan fingerprint density at radius 1 is 0.609 bits per heavy atom. The molecule has 0 radical (unpaired) electrons. The quantitative estimate of drug-likeness (QED) is 0.575. The molecule has 23 heavy (non-hydrogen) atoms. The maximum atomic E-state index is 6.42. The van der Waals surface area contributed by atoms with E-state index in [0.717, 1.165) is 22.5 Å². The summed E-state index contributed by atoms with van der Waals surface area (Å²) in [6, 6.07) is 23.0. The smallest absolute Gasteiger partial charge is 0.0428 e. The van der Waals surface area contributed by atoms with E-state index in [1.165, 1.54) is 15.9 Å². The zero-order valence-electron chi connectivity index (χ0n) is 13.5. The molecule has 3 aromatic carbocycles. The van der Waals surface area contributed by atoms with Gasteiger partial charge >= 0.3 is 0 Å². The zero-order chi connectivity index (χ0) is 16.4. The van der Waals surface area contributed by atoms with Crippen molar-refractivity contribution in [1.29, 1.82) is 0 Å². The Morgan fingerprint density at radius 3 is 1.57 bits per heavy atom. The van der Waals surface area contributed by atoms with Crippen LogP contribution in [0.5, 0.6) is 0 Å². The van der Waals surface area contributed by atoms with Crippen LogP contribution in [0.4, 0.5) is 11.4 Å². The van der Waals surface area contributed by atoms with Crippen LogP contribution in [0.2, 0.25) is 0 Å². The molecule has 0 atom stereocenters. The summed E-state index contributed by atoms with van der Waals surface area (Å²) in [6.07, 6.45) is 0. The first-order chi connectivity index (χ1) is 11.1. The minimum atomic E-state index is -0.770. The highest BCUT2D eigenvalue weighted by molar-refractivity contribution is 7.80. The third kappa shape index (κ3) is 2.95. The lowest BCUT2D eigenvalue weighted by Crippen LogP contribution is -2.25. The normalized spacial score (nSPS) is 10.9. The Kier molecular flexibility index (Phi) is 4.36. The summed E-state index contributed by atoms with van der Waals surface area (Å²) in [6.45, 7) is 4.11. The number of para-hydroxylation sites is 2. The topological polar surface area (TPSA) is 52.0 Å². The fraction of sp³-hybridized carbons (Fsp3) is 0.100. The van der Waals surface area contributed by atoms with E-state index in [1.54, 1.807) is 0 Å². The number of nitrogens with two attached hydrogens (primary N) is 2. The molecule has 0 bridgehead atoms. The number of hydrogen-bond acceptors (Lipinski definition) is 2. The van der Waals surface area contributed by atoms with E-state index in [2.05, 4.69) is 74.5 Å². The van der Waals surface area contributed by atoms with Crippen LogP contribution in [-0.4, -0.2) is 0 Å². The van der Waals surface area contributed by atoms with Crippen molar-refractivity contribution >= 4 is 35.2 Å². The van der Waals surface area contributed by atoms with Crippen LogP contribution in [0.3, 0.4) is 0 Å². The first kappa shape index (κ1) is 15.6. The van der Waals surface area contributed by atoms with Gasteiger partial charge in [0.1, 0.15) is 0 Å². The molecule has 0 heterocycles. The predicted molar refractivity (Wildman–Crippen MR) is 103 cm³/mol. The Hall–Kier alpha value is -2.31. The van der Waals surface area contributed by atoms with Crippen molar-refractivity contribution in [1.82, 2.24) is 0 Å². The Bertz CT molecular complexity index is 777. The SMILES string of the molecule is Cc1cccc(P(c2ccccc2)c2cccc(C)c2N)c1N. The van der Waals surface area contributed by atoms with Crippen LogP contribution in [-0.2, 0) is 0 Å². The standard InChI is InChI=1S/C20H21N2P/c1-14-8-6-12-17(19(14)21)23(16-10-4-3-5-11-16)18-13-7-9-15(2)20(18)22/h3-13H,21-22H2,1-2H3. The van der Waals surface area contributed by atoms with Gasteiger partial charge in [0.25, 0.3) is 0 Å². The minimum absolute atomic E-state index is 0.770. The summed E-state index contributed by atoms with van der Waals surface area (Å²) in [5.74, 6) is 0. The molecule has 3 heteroatoms. The summed E-state index contributed by atoms with van der Waals surface area (Å²) >= 11 is 0. The third-order valence-corrected chi connectivity index (χ3v) is 6.66. The van der Waals surface area contributed by atoms with Crippen LogP contribution < -0.4 is 27.4 Å². The summed E-state index contributed by atoms with van der Waals surface area (Å²) in [5.41, 5.74) is 16.8. The lowest BCUT2D eigenvalue weighted by molar-refractivity contribution is 1.49. The van der Waals surface area contributed by atoms with E-state index in [9.17, 15) is 0 Å². The first-order valence-electron chi connectivity index (χ1n) is 7.65. The van der Waals surface area contributed by atoms with Gasteiger partial charge in [-0.25, -0.2) is 0 Å². The van der Waals surface area contributed by atoms with E-state index < -0.39 is 7.92 Å². The molecule has 0 saturated heterocycles. The average molecular weight is 320 g/mol. The maximum absolute atomic E-state index is 6.42. The number of nitrogen functional groups attached to an aromatic ring is 2. The van der Waals surface area contributed by atoms with Gasteiger partial charge < -0.3 is 11.5 Å². The van der Waals surface area contributed by atoms with E-state index >= 15 is 0 Å². The maximum Gasteiger partial charge on any atom is 0.0428 e. The van der Waals surface area contributed by atoms with Crippen molar-refractivity contribution in [3.05, 3.63) is 77.9 Å². The molecule has 0 aliphatic rings. The second-order valence-corrected chi connectivity index (χ2v) is 7.84. The number of rotatable bonds is 3. The molecule has 3 aromatic rings. The predicted octanol–water partition coefficient (Wildman–Crippen LogP) is 3.23. The number of aryl methyl sites for hydroxylation is 2. The molecule has 0 fully saturated rings. The van der Waals surface area contributed by atoms with Gasteiger partial charge in [-0.2, -0.15) is 0 Å². The van der Waals surface area contributed by atoms with Gasteiger partial charge in [-0.15, -0.1) is 0 Å². The summed E-state index contributed by atoms with van der Waals surface area (Å²) in [5, 5.41) is 3.60. The fourth-order valence-corrected chi connectivity index (χ4v) is 5.30. The van der Waals surface area contributed by atoms with E-state index in [0.29, 0.717) is 0 Å². The van der Waals surface area contributed by atoms with Crippen LogP contribution in [0.15, 0.2) is 66.7 Å². The molecule has 2 nitrogen and oxygen atoms in total. The van der Waals surface area contributed by atoms with E-state index in [1.807, 2.05) is 6.07 Å². The van der Waals surface area contributed by atoms with Gasteiger partial charge in [0, 0.05) is 22.0 Å². The van der Waals surface area contributed by atoms with Gasteiger partial charge in [0.05, 0.1) is 0 Å². The van der Waals surface area contributed by atoms with Gasteiger partial charge in [0.2, 0.25) is 0 Å². The highest BCUT2D eigenvalue weighted by Crippen LogP contribution is 2.38. The van der Waals surface area contributed by atoms with Gasteiger partial charge in [-0.1, -0.05) is 66.7 Å². The molecule has 0 spiro atoms. The molecule has 0 unspecified atom stereocenters. The molecule has 4 N–H and O–H groups in total. The molecule has 0 amide bonds. The van der Waals surface area contributed by atoms with Crippen molar-refractivity contribution in [3.8, 4) is 0 Å². The van der Waals surface area contributed by atoms with Crippen molar-refractivity contribution in [2.45, 2.75) is 13.8 Å². The Balaban J connectivity index is 2.27. The Labute approximate surface area is 138 Å². The van der Waals surface area contributed by atoms with E-state index in [-0.39, 0.29) is 0 Å². The molecular weight excluding hydrogens is 299 g/mol. The van der Waals surface area contributed by atoms with E-state index in [4.69, 9.17) is 11.5 Å². The molecule has 0 saturated carbocycles. The van der Waals surface area contributed by atoms with Crippen molar-refractivity contribution in [3.63, 3.8) is 0 Å². The molecular formula is C20H21N2P. The van der Waals surface area contributed by atoms with Crippen molar-refractivity contribution < 1.29 is 0 Å². The molecule has 0 aromatic heterocycles. The summed E-state index contributed by atoms with van der Waals surface area (Å²) < 4.78 is 0. The average Bonchev–Trinajstić information content (AvgIpc) is 2.56. The fourth-order valence-electron chi connectivity index (χ4n) is 2.71. The lowest BCUT2D eigenvalue weighted by atomic mass is 10.2. The second-order valence-electron chi connectivity index (χ2n) is 5.69. The van der Waals surface area contributed by atoms with Gasteiger partial charge in [0.15, 0.2) is 0 Å². The van der Waals surface area contributed by atoms with Gasteiger partial charge in [-0.05, 0) is 38.2 Å². The molecule has 0 aliphatic carbocycles. The second kappa shape index (κ2) is 6.44. The van der Waals surface area contributed by atoms with Crippen LogP contribution >= 0.6 is 7.92 Å². The highest BCUT2D eigenvalue weighted by Gasteiger charge is 2.21. The number of benzene rings is 3.